The summed E-state index contributed by atoms with van der Waals surface area (Å²) in [6.07, 6.45) is 1.26. The lowest BCUT2D eigenvalue weighted by Gasteiger charge is -2.10. The molecule has 1 aromatic heterocycles. The zero-order chi connectivity index (χ0) is 18.7. The van der Waals surface area contributed by atoms with Gasteiger partial charge >= 0.3 is 5.97 Å². The predicted octanol–water partition coefficient (Wildman–Crippen LogP) is 4.25. The molecular formula is C17H12ClF3N2O2. The van der Waals surface area contributed by atoms with Crippen molar-refractivity contribution in [2.45, 2.75) is 19.8 Å². The second kappa shape index (κ2) is 7.45. The van der Waals surface area contributed by atoms with Gasteiger partial charge in [-0.2, -0.15) is 0 Å². The van der Waals surface area contributed by atoms with Crippen molar-refractivity contribution < 1.29 is 23.1 Å². The van der Waals surface area contributed by atoms with Crippen LogP contribution < -0.4 is 5.73 Å². The van der Waals surface area contributed by atoms with Crippen molar-refractivity contribution >= 4 is 23.3 Å². The Morgan fingerprint density at radius 3 is 2.60 bits per heavy atom. The van der Waals surface area contributed by atoms with Crippen molar-refractivity contribution in [1.29, 1.82) is 0 Å². The monoisotopic (exact) mass is 368 g/mol. The second-order valence-corrected chi connectivity index (χ2v) is 5.40. The number of hydrogen-bond acceptors (Lipinski definition) is 3. The van der Waals surface area contributed by atoms with Crippen molar-refractivity contribution in [2.75, 3.05) is 5.73 Å². The normalized spacial score (nSPS) is 10.3. The highest BCUT2D eigenvalue weighted by molar-refractivity contribution is 6.35. The Bertz CT molecular complexity index is 921. The van der Waals surface area contributed by atoms with Gasteiger partial charge in [0.05, 0.1) is 16.3 Å². The van der Waals surface area contributed by atoms with E-state index in [0.717, 1.165) is 12.5 Å². The maximum atomic E-state index is 14.3. The zero-order valence-corrected chi connectivity index (χ0v) is 13.7. The van der Waals surface area contributed by atoms with Crippen LogP contribution in [0.4, 0.5) is 18.9 Å². The second-order valence-electron chi connectivity index (χ2n) is 5.02. The smallest absolute Gasteiger partial charge is 0.356 e. The molecule has 8 heteroatoms. The summed E-state index contributed by atoms with van der Waals surface area (Å²) >= 11 is 5.63. The number of aromatic carboxylic acids is 1. The molecule has 1 aromatic carbocycles. The van der Waals surface area contributed by atoms with Crippen molar-refractivity contribution in [3.05, 3.63) is 45.9 Å². The molecule has 3 N–H and O–H groups in total. The highest BCUT2D eigenvalue weighted by atomic mass is 35.5. The number of rotatable bonds is 3. The molecule has 0 aliphatic heterocycles. The molecule has 130 valence electrons. The van der Waals surface area contributed by atoms with Gasteiger partial charge in [-0.05, 0) is 18.6 Å². The van der Waals surface area contributed by atoms with Gasteiger partial charge in [0.1, 0.15) is 17.3 Å². The summed E-state index contributed by atoms with van der Waals surface area (Å²) in [6.45, 7) is 1.88. The van der Waals surface area contributed by atoms with E-state index in [1.165, 1.54) is 0 Å². The molecule has 2 rings (SSSR count). The summed E-state index contributed by atoms with van der Waals surface area (Å²) in [5.41, 5.74) is 2.41. The molecule has 0 fully saturated rings. The minimum absolute atomic E-state index is 0.199. The van der Waals surface area contributed by atoms with Gasteiger partial charge in [0, 0.05) is 12.0 Å². The minimum Gasteiger partial charge on any atom is -0.476 e. The molecule has 0 atom stereocenters. The maximum absolute atomic E-state index is 14.3. The number of hydrogen-bond donors (Lipinski definition) is 2. The zero-order valence-electron chi connectivity index (χ0n) is 13.0. The average molecular weight is 369 g/mol. The third-order valence-corrected chi connectivity index (χ3v) is 3.61. The molecule has 0 aliphatic carbocycles. The van der Waals surface area contributed by atoms with E-state index in [0.29, 0.717) is 12.5 Å². The number of nitrogen functional groups attached to an aromatic ring is 1. The quantitative estimate of drug-likeness (QED) is 0.794. The summed E-state index contributed by atoms with van der Waals surface area (Å²) in [7, 11) is 0. The highest BCUT2D eigenvalue weighted by Crippen LogP contribution is 2.34. The molecule has 2 aromatic rings. The first-order chi connectivity index (χ1) is 11.8. The first-order valence-electron chi connectivity index (χ1n) is 7.13. The van der Waals surface area contributed by atoms with Crippen molar-refractivity contribution in [1.82, 2.24) is 4.98 Å². The molecule has 0 unspecified atom stereocenters. The van der Waals surface area contributed by atoms with E-state index in [1.54, 1.807) is 0 Å². The summed E-state index contributed by atoms with van der Waals surface area (Å²) in [5, 5.41) is 8.42. The first kappa shape index (κ1) is 18.6. The standard InChI is InChI=1S/C17H12ClF3N2O2/c1-2-3-4-5-8-6-11(20)9(7-10(8)19)15-13(21)14(22)12(18)16(23-15)17(24)25/h6-7H,2-3H2,1H3,(H2,22,23)(H,24,25). The van der Waals surface area contributed by atoms with Crippen LogP contribution in [0.15, 0.2) is 12.1 Å². The van der Waals surface area contributed by atoms with Crippen LogP contribution in [0.2, 0.25) is 5.02 Å². The lowest BCUT2D eigenvalue weighted by atomic mass is 10.0. The van der Waals surface area contributed by atoms with Gasteiger partial charge in [0.2, 0.25) is 0 Å². The van der Waals surface area contributed by atoms with E-state index < -0.39 is 51.1 Å². The Labute approximate surface area is 146 Å². The van der Waals surface area contributed by atoms with Crippen molar-refractivity contribution in [2.24, 2.45) is 0 Å². The van der Waals surface area contributed by atoms with E-state index >= 15 is 0 Å². The molecule has 25 heavy (non-hydrogen) atoms. The maximum Gasteiger partial charge on any atom is 0.356 e. The van der Waals surface area contributed by atoms with Gasteiger partial charge in [-0.25, -0.2) is 22.9 Å². The third kappa shape index (κ3) is 3.69. The molecule has 0 aliphatic rings. The van der Waals surface area contributed by atoms with Crippen LogP contribution in [0.5, 0.6) is 0 Å². The van der Waals surface area contributed by atoms with Crippen molar-refractivity contribution in [3.8, 4) is 23.1 Å². The molecule has 4 nitrogen and oxygen atoms in total. The van der Waals surface area contributed by atoms with Crippen LogP contribution in [0.1, 0.15) is 35.8 Å². The highest BCUT2D eigenvalue weighted by Gasteiger charge is 2.24. The van der Waals surface area contributed by atoms with E-state index in [2.05, 4.69) is 16.8 Å². The topological polar surface area (TPSA) is 76.2 Å². The predicted molar refractivity (Wildman–Crippen MR) is 87.7 cm³/mol. The number of carboxylic acids is 1. The van der Waals surface area contributed by atoms with Gasteiger partial charge in [-0.1, -0.05) is 30.4 Å². The van der Waals surface area contributed by atoms with Gasteiger partial charge in [-0.3, -0.25) is 0 Å². The summed E-state index contributed by atoms with van der Waals surface area (Å²) in [5.74, 6) is 0.409. The van der Waals surface area contributed by atoms with E-state index in [-0.39, 0.29) is 5.56 Å². The molecule has 0 bridgehead atoms. The van der Waals surface area contributed by atoms with Gasteiger partial charge in [0.25, 0.3) is 0 Å². The van der Waals surface area contributed by atoms with Crippen LogP contribution in [0.3, 0.4) is 0 Å². The Kier molecular flexibility index (Phi) is 5.55. The summed E-state index contributed by atoms with van der Waals surface area (Å²) in [4.78, 5) is 14.6. The summed E-state index contributed by atoms with van der Waals surface area (Å²) < 4.78 is 42.7. The number of pyridine rings is 1. The van der Waals surface area contributed by atoms with Crippen LogP contribution in [-0.4, -0.2) is 16.1 Å². The molecule has 0 saturated heterocycles. The third-order valence-electron chi connectivity index (χ3n) is 3.22. The van der Waals surface area contributed by atoms with Gasteiger partial charge in [0.15, 0.2) is 11.5 Å². The summed E-state index contributed by atoms with van der Waals surface area (Å²) in [6, 6.07) is 1.48. The number of aromatic nitrogens is 1. The fourth-order valence-corrected chi connectivity index (χ4v) is 2.19. The minimum atomic E-state index is -1.58. The van der Waals surface area contributed by atoms with Crippen LogP contribution >= 0.6 is 11.6 Å². The number of carboxylic acid groups (broad SMARTS) is 1. The van der Waals surface area contributed by atoms with Crippen LogP contribution in [0, 0.1) is 29.3 Å². The molecule has 1 heterocycles. The number of unbranched alkanes of at least 4 members (excludes halogenated alkanes) is 1. The molecular weight excluding hydrogens is 357 g/mol. The fourth-order valence-electron chi connectivity index (χ4n) is 1.99. The van der Waals surface area contributed by atoms with E-state index in [1.807, 2.05) is 6.92 Å². The van der Waals surface area contributed by atoms with E-state index in [4.69, 9.17) is 22.4 Å². The molecule has 0 saturated carbocycles. The van der Waals surface area contributed by atoms with Crippen molar-refractivity contribution in [3.63, 3.8) is 0 Å². The number of benzene rings is 1. The van der Waals surface area contributed by atoms with Gasteiger partial charge < -0.3 is 10.8 Å². The lowest BCUT2D eigenvalue weighted by molar-refractivity contribution is 0.0691. The van der Waals surface area contributed by atoms with Crippen LogP contribution in [0.25, 0.3) is 11.3 Å². The number of nitrogens with two attached hydrogens (primary N) is 1. The lowest BCUT2D eigenvalue weighted by Crippen LogP contribution is -2.09. The number of halogens is 4. The Morgan fingerprint density at radius 2 is 2.00 bits per heavy atom. The SMILES string of the molecule is CCCC#Cc1cc(F)c(-c2nc(C(=O)O)c(Cl)c(N)c2F)cc1F. The van der Waals surface area contributed by atoms with Gasteiger partial charge in [-0.15, -0.1) is 0 Å². The number of carbonyl (C=O) groups is 1. The Hall–Kier alpha value is -2.72. The van der Waals surface area contributed by atoms with Crippen LogP contribution in [-0.2, 0) is 0 Å². The number of anilines is 1. The molecule has 0 spiro atoms. The Morgan fingerprint density at radius 1 is 1.32 bits per heavy atom. The Balaban J connectivity index is 2.66. The van der Waals surface area contributed by atoms with E-state index in [9.17, 15) is 18.0 Å². The first-order valence-corrected chi connectivity index (χ1v) is 7.51. The molecule has 0 amide bonds. The number of nitrogens with zero attached hydrogens (tertiary/aromatic N) is 1. The fraction of sp³-hybridized carbons (Fsp3) is 0.176. The molecule has 0 radical (unpaired) electrons. The average Bonchev–Trinajstić information content (AvgIpc) is 2.56. The largest absolute Gasteiger partial charge is 0.476 e.